The molecule has 0 bridgehead atoms. The number of aryl methyl sites for hydroxylation is 2. The van der Waals surface area contributed by atoms with E-state index in [1.165, 1.54) is 9.47 Å². The van der Waals surface area contributed by atoms with Gasteiger partial charge in [-0.3, -0.25) is 9.47 Å². The number of para-hydroxylation sites is 1. The Morgan fingerprint density at radius 2 is 1.85 bits per heavy atom. The number of halogens is 1. The molecule has 0 unspecified atom stereocenters. The number of anilines is 1. The highest BCUT2D eigenvalue weighted by molar-refractivity contribution is 6.30. The van der Waals surface area contributed by atoms with Gasteiger partial charge in [-0.1, -0.05) is 42.8 Å². The van der Waals surface area contributed by atoms with Gasteiger partial charge in [0.15, 0.2) is 0 Å². The molecule has 0 aliphatic carbocycles. The maximum absolute atomic E-state index is 13.3. The van der Waals surface area contributed by atoms with E-state index in [9.17, 15) is 4.79 Å². The Morgan fingerprint density at radius 3 is 2.58 bits per heavy atom. The first-order valence-electron chi connectivity index (χ1n) is 14.0. The van der Waals surface area contributed by atoms with Crippen molar-refractivity contribution in [2.45, 2.75) is 32.8 Å². The van der Waals surface area contributed by atoms with Gasteiger partial charge < -0.3 is 9.64 Å². The lowest BCUT2D eigenvalue weighted by Gasteiger charge is -2.36. The zero-order chi connectivity index (χ0) is 28.4. The molecule has 7 nitrogen and oxygen atoms in total. The van der Waals surface area contributed by atoms with Crippen molar-refractivity contribution in [2.24, 2.45) is 0 Å². The van der Waals surface area contributed by atoms with Crippen molar-refractivity contribution >= 4 is 17.3 Å². The lowest BCUT2D eigenvalue weighted by Crippen LogP contribution is -2.46. The first-order valence-corrected chi connectivity index (χ1v) is 11.4. The van der Waals surface area contributed by atoms with E-state index in [0.29, 0.717) is 35.0 Å². The van der Waals surface area contributed by atoms with Gasteiger partial charge in [0, 0.05) is 61.8 Å². The van der Waals surface area contributed by atoms with Crippen LogP contribution in [-0.4, -0.2) is 58.5 Å². The lowest BCUT2D eigenvalue weighted by molar-refractivity contribution is 0.248. The highest BCUT2D eigenvalue weighted by Crippen LogP contribution is 2.20. The molecule has 33 heavy (non-hydrogen) atoms. The number of hydrogen-bond donors (Lipinski definition) is 0. The van der Waals surface area contributed by atoms with E-state index in [1.807, 2.05) is 41.3 Å². The fraction of sp³-hybridized carbons (Fsp3) is 0.440. The molecule has 1 fully saturated rings. The van der Waals surface area contributed by atoms with Gasteiger partial charge in [-0.2, -0.15) is 5.10 Å². The molecule has 3 aromatic rings. The molecular weight excluding hydrogens is 438 g/mol. The van der Waals surface area contributed by atoms with Crippen molar-refractivity contribution in [1.29, 1.82) is 0 Å². The minimum absolute atomic E-state index is 0.0777. The van der Waals surface area contributed by atoms with Crippen molar-refractivity contribution in [1.82, 2.24) is 19.2 Å². The zero-order valence-electron chi connectivity index (χ0n) is 24.6. The van der Waals surface area contributed by atoms with Crippen molar-refractivity contribution in [3.05, 3.63) is 75.9 Å². The molecule has 0 saturated carbocycles. The standard InChI is InChI=1S/C25H32ClN5O2/c1-2-24-27-31(25(32)30(24)18-19-33-23-10-4-3-5-11-23)13-7-12-28-14-16-29(17-15-28)22-9-6-8-21(26)20-22/h3-6,8-11,20H,2,7,12-19H2,1H3/i7D2,12D2,13D2. The van der Waals surface area contributed by atoms with Gasteiger partial charge in [0.25, 0.3) is 0 Å². The summed E-state index contributed by atoms with van der Waals surface area (Å²) >= 11 is 6.09. The third kappa shape index (κ3) is 6.18. The number of piperazine rings is 1. The van der Waals surface area contributed by atoms with Crippen LogP contribution in [0.3, 0.4) is 0 Å². The first kappa shape index (κ1) is 16.8. The third-order valence-corrected chi connectivity index (χ3v) is 5.65. The van der Waals surface area contributed by atoms with Gasteiger partial charge in [-0.25, -0.2) is 9.48 Å². The van der Waals surface area contributed by atoms with Crippen LogP contribution in [0.4, 0.5) is 5.69 Å². The van der Waals surface area contributed by atoms with Crippen LogP contribution in [0.2, 0.25) is 5.02 Å². The molecule has 8 heteroatoms. The van der Waals surface area contributed by atoms with E-state index >= 15 is 0 Å². The van der Waals surface area contributed by atoms with Crippen molar-refractivity contribution in [3.8, 4) is 5.75 Å². The summed E-state index contributed by atoms with van der Waals surface area (Å²) in [7, 11) is 0. The van der Waals surface area contributed by atoms with Crippen LogP contribution in [0.15, 0.2) is 59.4 Å². The molecule has 176 valence electrons. The van der Waals surface area contributed by atoms with Gasteiger partial charge in [0.05, 0.1) is 9.29 Å². The summed E-state index contributed by atoms with van der Waals surface area (Å²) in [6, 6.07) is 16.3. The molecule has 1 aliphatic heterocycles. The van der Waals surface area contributed by atoms with Crippen molar-refractivity contribution < 1.29 is 13.0 Å². The number of nitrogens with zero attached hydrogens (tertiary/aromatic N) is 5. The van der Waals surface area contributed by atoms with E-state index in [1.54, 1.807) is 25.1 Å². The van der Waals surface area contributed by atoms with Crippen molar-refractivity contribution in [3.63, 3.8) is 0 Å². The topological polar surface area (TPSA) is 55.5 Å². The van der Waals surface area contributed by atoms with E-state index in [0.717, 1.165) is 5.69 Å². The van der Waals surface area contributed by atoms with Gasteiger partial charge in [0.2, 0.25) is 0 Å². The van der Waals surface area contributed by atoms with Crippen molar-refractivity contribution in [2.75, 3.05) is 44.2 Å². The van der Waals surface area contributed by atoms with Gasteiger partial charge >= 0.3 is 5.69 Å². The summed E-state index contributed by atoms with van der Waals surface area (Å²) in [6.07, 6.45) is -2.84. The minimum atomic E-state index is -3.13. The van der Waals surface area contributed by atoms with Crippen LogP contribution >= 0.6 is 11.6 Å². The molecule has 2 aromatic carbocycles. The van der Waals surface area contributed by atoms with Gasteiger partial charge in [-0.15, -0.1) is 0 Å². The second-order valence-corrected chi connectivity index (χ2v) is 8.02. The molecule has 0 spiro atoms. The summed E-state index contributed by atoms with van der Waals surface area (Å²) in [5, 5.41) is 4.68. The molecule has 2 heterocycles. The number of benzene rings is 2. The fourth-order valence-corrected chi connectivity index (χ4v) is 3.86. The number of rotatable bonds is 10. The zero-order valence-corrected chi connectivity index (χ0v) is 19.3. The number of ether oxygens (including phenoxy) is 1. The average Bonchev–Trinajstić information content (AvgIpc) is 3.25. The van der Waals surface area contributed by atoms with Crippen LogP contribution in [0.25, 0.3) is 0 Å². The van der Waals surface area contributed by atoms with E-state index in [-0.39, 0.29) is 32.1 Å². The Labute approximate surface area is 208 Å². The predicted molar refractivity (Wildman–Crippen MR) is 133 cm³/mol. The summed E-state index contributed by atoms with van der Waals surface area (Å²) in [4.78, 5) is 16.6. The van der Waals surface area contributed by atoms with Crippen LogP contribution in [-0.2, 0) is 19.5 Å². The van der Waals surface area contributed by atoms with Crippen LogP contribution in [0.1, 0.15) is 27.3 Å². The van der Waals surface area contributed by atoms with Gasteiger partial charge in [-0.05, 0) is 36.7 Å². The smallest absolute Gasteiger partial charge is 0.346 e. The Kier molecular flexibility index (Phi) is 5.79. The average molecular weight is 476 g/mol. The summed E-state index contributed by atoms with van der Waals surface area (Å²) in [5.41, 5.74) is 0.0143. The van der Waals surface area contributed by atoms with Crippen LogP contribution in [0.5, 0.6) is 5.75 Å². The Balaban J connectivity index is 1.52. The van der Waals surface area contributed by atoms with E-state index < -0.39 is 25.1 Å². The quantitative estimate of drug-likeness (QED) is 0.449. The highest BCUT2D eigenvalue weighted by atomic mass is 35.5. The molecule has 4 rings (SSSR count). The van der Waals surface area contributed by atoms with E-state index in [4.69, 9.17) is 24.6 Å². The largest absolute Gasteiger partial charge is 0.492 e. The van der Waals surface area contributed by atoms with Gasteiger partial charge in [0.1, 0.15) is 18.2 Å². The van der Waals surface area contributed by atoms with E-state index in [2.05, 4.69) is 5.10 Å². The fourth-order valence-electron chi connectivity index (χ4n) is 3.67. The Morgan fingerprint density at radius 1 is 1.06 bits per heavy atom. The maximum atomic E-state index is 13.3. The summed E-state index contributed by atoms with van der Waals surface area (Å²) in [6.45, 7) is -2.79. The normalized spacial score (nSPS) is 18.5. The first-order chi connectivity index (χ1) is 18.4. The monoisotopic (exact) mass is 475 g/mol. The summed E-state index contributed by atoms with van der Waals surface area (Å²) < 4.78 is 59.3. The minimum Gasteiger partial charge on any atom is -0.492 e. The SMILES string of the molecule is [2H]C([2H])(N1CCN(c2cccc(Cl)c2)CC1)C([2H])([2H])C([2H])([2H])n1nc(CC)n(CCOc2ccccc2)c1=O. The second kappa shape index (κ2) is 11.4. The van der Waals surface area contributed by atoms with Crippen LogP contribution < -0.4 is 15.3 Å². The molecule has 0 radical (unpaired) electrons. The molecular formula is C25H32ClN5O2. The molecule has 0 atom stereocenters. The lowest BCUT2D eigenvalue weighted by atomic mass is 10.2. The Bertz CT molecular complexity index is 1330. The molecule has 1 aliphatic rings. The summed E-state index contributed by atoms with van der Waals surface area (Å²) in [5.74, 6) is 0.873. The number of hydrogen-bond acceptors (Lipinski definition) is 5. The molecule has 0 amide bonds. The molecule has 0 N–H and O–H groups in total. The molecule has 1 aromatic heterocycles. The van der Waals surface area contributed by atoms with Crippen LogP contribution in [0, 0.1) is 0 Å². The molecule has 1 saturated heterocycles. The highest BCUT2D eigenvalue weighted by Gasteiger charge is 2.18. The predicted octanol–water partition coefficient (Wildman–Crippen LogP) is 3.55. The second-order valence-electron chi connectivity index (χ2n) is 7.58. The maximum Gasteiger partial charge on any atom is 0.346 e. The number of aromatic nitrogens is 3. The third-order valence-electron chi connectivity index (χ3n) is 5.41. The Hall–Kier alpha value is -2.77.